The molecule has 0 atom stereocenters. The maximum Gasteiger partial charge on any atom is 0.0735 e. The highest BCUT2D eigenvalue weighted by Crippen LogP contribution is 2.63. The number of hydrogen-bond donors (Lipinski definition) is 0. The normalized spacial score (nSPS) is 14.3. The van der Waals surface area contributed by atoms with Crippen LogP contribution in [0.2, 0.25) is 0 Å². The highest BCUT2D eigenvalue weighted by Gasteiger charge is 2.50. The zero-order valence-electron chi connectivity index (χ0n) is 30.6. The first-order chi connectivity index (χ1) is 26.0. The van der Waals surface area contributed by atoms with E-state index in [1.54, 1.807) is 0 Å². The van der Waals surface area contributed by atoms with Crippen LogP contribution in [0, 0.1) is 20.8 Å². The van der Waals surface area contributed by atoms with Crippen molar-refractivity contribution in [1.29, 1.82) is 0 Å². The Morgan fingerprint density at radius 3 is 1.81 bits per heavy atom. The summed E-state index contributed by atoms with van der Waals surface area (Å²) in [4.78, 5) is 2.74. The lowest BCUT2D eigenvalue weighted by Gasteiger charge is -2.40. The number of allylic oxidation sites excluding steroid dienone is 4. The zero-order valence-corrected chi connectivity index (χ0v) is 31.4. The minimum absolute atomic E-state index is 0.310. The van der Waals surface area contributed by atoms with Gasteiger partial charge >= 0.3 is 0 Å². The monoisotopic (exact) mass is 698 g/mol. The molecule has 0 saturated carbocycles. The van der Waals surface area contributed by atoms with E-state index in [-0.39, 0.29) is 5.41 Å². The van der Waals surface area contributed by atoms with Gasteiger partial charge in [-0.05, 0) is 129 Å². The Bertz CT molecular complexity index is 2520. The Hall–Kier alpha value is -5.63. The van der Waals surface area contributed by atoms with Crippen LogP contribution in [-0.4, -0.2) is 0 Å². The van der Waals surface area contributed by atoms with E-state index < -0.39 is 0 Å². The molecule has 0 aromatic heterocycles. The van der Waals surface area contributed by atoms with E-state index in [0.717, 1.165) is 12.8 Å². The molecule has 256 valence electrons. The zero-order chi connectivity index (χ0) is 35.9. The third-order valence-corrected chi connectivity index (χ3v) is 12.4. The quantitative estimate of drug-likeness (QED) is 0.177. The molecule has 1 heterocycles. The second kappa shape index (κ2) is 13.7. The van der Waals surface area contributed by atoms with Crippen LogP contribution in [0.15, 0.2) is 186 Å². The van der Waals surface area contributed by atoms with Gasteiger partial charge in [0.05, 0.1) is 5.41 Å². The molecule has 0 amide bonds. The molecule has 7 aromatic carbocycles. The first kappa shape index (κ1) is 33.2. The second-order valence-electron chi connectivity index (χ2n) is 14.5. The lowest BCUT2D eigenvalue weighted by molar-refractivity contribution is 0.722. The molecule has 0 nitrogen and oxygen atoms in total. The van der Waals surface area contributed by atoms with Gasteiger partial charge < -0.3 is 0 Å². The van der Waals surface area contributed by atoms with Gasteiger partial charge in [-0.15, -0.1) is 0 Å². The van der Waals surface area contributed by atoms with Crippen LogP contribution in [0.3, 0.4) is 0 Å². The molecule has 0 radical (unpaired) electrons. The highest BCUT2D eigenvalue weighted by atomic mass is 32.2. The summed E-state index contributed by atoms with van der Waals surface area (Å²) in [6, 6.07) is 58.1. The molecule has 0 fully saturated rings. The lowest BCUT2D eigenvalue weighted by Crippen LogP contribution is -2.32. The van der Waals surface area contributed by atoms with Crippen LogP contribution in [0.1, 0.15) is 57.3 Å². The smallest absolute Gasteiger partial charge is 0.0735 e. The van der Waals surface area contributed by atoms with Crippen molar-refractivity contribution >= 4 is 17.3 Å². The fourth-order valence-electron chi connectivity index (χ4n) is 8.82. The van der Waals surface area contributed by atoms with Gasteiger partial charge in [-0.1, -0.05) is 176 Å². The summed E-state index contributed by atoms with van der Waals surface area (Å²) < 4.78 is 0. The molecular formula is C52H42S. The van der Waals surface area contributed by atoms with Crippen LogP contribution in [0.5, 0.6) is 0 Å². The van der Waals surface area contributed by atoms with Crippen molar-refractivity contribution < 1.29 is 0 Å². The van der Waals surface area contributed by atoms with E-state index >= 15 is 0 Å². The largest absolute Gasteiger partial charge is 0.0887 e. The minimum atomic E-state index is -0.310. The predicted octanol–water partition coefficient (Wildman–Crippen LogP) is 14.2. The van der Waals surface area contributed by atoms with Crippen LogP contribution in [0.25, 0.3) is 39.0 Å². The summed E-state index contributed by atoms with van der Waals surface area (Å²) in [5, 5.41) is 0. The summed E-state index contributed by atoms with van der Waals surface area (Å²) in [5.41, 5.74) is 20.1. The van der Waals surface area contributed by atoms with Crippen LogP contribution < -0.4 is 0 Å². The molecule has 0 saturated heterocycles. The molecule has 7 aromatic rings. The summed E-state index contributed by atoms with van der Waals surface area (Å²) in [5.74, 6) is 0. The van der Waals surface area contributed by atoms with E-state index in [4.69, 9.17) is 0 Å². The number of rotatable bonds is 3. The number of fused-ring (bicyclic) bond motifs is 9. The number of hydrogen-bond acceptors (Lipinski definition) is 1. The molecule has 0 N–H and O–H groups in total. The van der Waals surface area contributed by atoms with E-state index in [2.05, 4.69) is 197 Å². The highest BCUT2D eigenvalue weighted by molar-refractivity contribution is 7.99. The molecule has 0 bridgehead atoms. The van der Waals surface area contributed by atoms with Gasteiger partial charge in [0, 0.05) is 9.79 Å². The van der Waals surface area contributed by atoms with E-state index in [9.17, 15) is 0 Å². The van der Waals surface area contributed by atoms with E-state index in [1.807, 2.05) is 11.8 Å². The topological polar surface area (TPSA) is 0 Å². The first-order valence-corrected chi connectivity index (χ1v) is 19.6. The van der Waals surface area contributed by atoms with Gasteiger partial charge in [0.25, 0.3) is 0 Å². The Balaban J connectivity index is 0.000000166. The van der Waals surface area contributed by atoms with Gasteiger partial charge in [-0.25, -0.2) is 0 Å². The van der Waals surface area contributed by atoms with Crippen LogP contribution in [0.4, 0.5) is 0 Å². The maximum atomic E-state index is 2.40. The third-order valence-electron chi connectivity index (χ3n) is 11.2. The van der Waals surface area contributed by atoms with Gasteiger partial charge in [0.2, 0.25) is 0 Å². The minimum Gasteiger partial charge on any atom is -0.0887 e. The van der Waals surface area contributed by atoms with Crippen molar-refractivity contribution in [1.82, 2.24) is 0 Å². The molecule has 2 aliphatic carbocycles. The Kier molecular flexibility index (Phi) is 8.61. The summed E-state index contributed by atoms with van der Waals surface area (Å²) in [6.07, 6.45) is 8.95. The summed E-state index contributed by atoms with van der Waals surface area (Å²) in [6.45, 7) is 6.66. The average Bonchev–Trinajstić information content (AvgIpc) is 3.50. The van der Waals surface area contributed by atoms with Crippen LogP contribution >= 0.6 is 11.8 Å². The Labute approximate surface area is 318 Å². The van der Waals surface area contributed by atoms with Gasteiger partial charge in [0.15, 0.2) is 0 Å². The van der Waals surface area contributed by atoms with Crippen LogP contribution in [-0.2, 0) is 5.41 Å². The fraction of sp³-hybridized carbons (Fsp3) is 0.115. The molecule has 1 heteroatoms. The van der Waals surface area contributed by atoms with Gasteiger partial charge in [0.1, 0.15) is 0 Å². The molecule has 53 heavy (non-hydrogen) atoms. The molecule has 0 unspecified atom stereocenters. The van der Waals surface area contributed by atoms with E-state index in [1.165, 1.54) is 93.3 Å². The van der Waals surface area contributed by atoms with Crippen molar-refractivity contribution in [3.63, 3.8) is 0 Å². The fourth-order valence-corrected chi connectivity index (χ4v) is 10.2. The average molecular weight is 699 g/mol. The van der Waals surface area contributed by atoms with Crippen molar-refractivity contribution in [2.24, 2.45) is 0 Å². The third kappa shape index (κ3) is 5.63. The maximum absolute atomic E-state index is 2.40. The van der Waals surface area contributed by atoms with Crippen molar-refractivity contribution in [3.05, 3.63) is 220 Å². The van der Waals surface area contributed by atoms with Crippen molar-refractivity contribution in [2.45, 2.75) is 48.8 Å². The van der Waals surface area contributed by atoms with Crippen molar-refractivity contribution in [3.8, 4) is 33.4 Å². The van der Waals surface area contributed by atoms with Gasteiger partial charge in [-0.2, -0.15) is 0 Å². The van der Waals surface area contributed by atoms with Crippen molar-refractivity contribution in [2.75, 3.05) is 0 Å². The lowest BCUT2D eigenvalue weighted by atomic mass is 9.66. The molecular weight excluding hydrogens is 657 g/mol. The molecule has 1 spiro atoms. The second-order valence-corrected chi connectivity index (χ2v) is 15.6. The summed E-state index contributed by atoms with van der Waals surface area (Å²) in [7, 11) is 0. The predicted molar refractivity (Wildman–Crippen MR) is 226 cm³/mol. The number of benzene rings is 7. The molecule has 1 aliphatic heterocycles. The number of aryl methyl sites for hydroxylation is 3. The van der Waals surface area contributed by atoms with Gasteiger partial charge in [-0.3, -0.25) is 0 Å². The summed E-state index contributed by atoms with van der Waals surface area (Å²) >= 11 is 1.94. The Morgan fingerprint density at radius 1 is 0.491 bits per heavy atom. The standard InChI is InChI=1S/C33H24S.C19H18/c1-21-11-3-4-12-23(21)31-22(2)19-20-29-32(31)34-30-18-10-9-17-28(30)33(29)26-15-7-5-13-24(26)25-14-6-8-16-27(25)33;1-15-12-18(16-8-4-2-5-9-16)14-19(13-15)17-10-6-3-7-11-17/h3-20H,1-2H3;2-6,8-10,12-14H,7,11H2,1H3. The first-order valence-electron chi connectivity index (χ1n) is 18.7. The SMILES string of the molecule is Cc1cc(C2=CC=CCC2)cc(-c2ccccc2)c1.Cc1ccccc1-c1c(C)ccc2c1Sc1ccccc1C21c2ccccc2-c2ccccc21. The molecule has 10 rings (SSSR count). The Morgan fingerprint density at radius 2 is 1.11 bits per heavy atom. The molecule has 3 aliphatic rings. The van der Waals surface area contributed by atoms with E-state index in [0.29, 0.717) is 0 Å².